The predicted molar refractivity (Wildman–Crippen MR) is 70.5 cm³/mol. The van der Waals surface area contributed by atoms with Crippen molar-refractivity contribution >= 4 is 5.69 Å². The molecular weight excluding hydrogens is 232 g/mol. The fraction of sp³-hybridized carbons (Fsp3) is 0.538. The fourth-order valence-corrected chi connectivity index (χ4v) is 1.73. The molecular formula is C13H20N2O3. The summed E-state index contributed by atoms with van der Waals surface area (Å²) in [7, 11) is 0. The lowest BCUT2D eigenvalue weighted by Gasteiger charge is -2.13. The fourth-order valence-electron chi connectivity index (χ4n) is 1.73. The molecule has 0 spiro atoms. The predicted octanol–water partition coefficient (Wildman–Crippen LogP) is 2.41. The van der Waals surface area contributed by atoms with Gasteiger partial charge in [-0.15, -0.1) is 0 Å². The maximum atomic E-state index is 10.5. The van der Waals surface area contributed by atoms with E-state index < -0.39 is 4.92 Å². The molecule has 0 aliphatic heterocycles. The summed E-state index contributed by atoms with van der Waals surface area (Å²) >= 11 is 0. The molecule has 0 amide bonds. The third kappa shape index (κ3) is 4.81. The molecule has 0 aliphatic carbocycles. The summed E-state index contributed by atoms with van der Waals surface area (Å²) < 4.78 is 0. The van der Waals surface area contributed by atoms with E-state index in [2.05, 4.69) is 5.32 Å². The number of nitro benzene ring substituents is 1. The zero-order chi connectivity index (χ0) is 13.4. The normalized spacial score (nSPS) is 12.3. The SMILES string of the molecule is CC(NCCCCCO)c1ccc([N+](=O)[O-])cc1. The van der Waals surface area contributed by atoms with Crippen LogP contribution in [0.15, 0.2) is 24.3 Å². The quantitative estimate of drug-likeness (QED) is 0.423. The Hall–Kier alpha value is -1.46. The summed E-state index contributed by atoms with van der Waals surface area (Å²) in [5, 5.41) is 22.5. The number of benzene rings is 1. The molecule has 0 bridgehead atoms. The van der Waals surface area contributed by atoms with Crippen LogP contribution in [0.2, 0.25) is 0 Å². The van der Waals surface area contributed by atoms with Crippen LogP contribution in [0.4, 0.5) is 5.69 Å². The Kier molecular flexibility index (Phi) is 6.32. The third-order valence-electron chi connectivity index (χ3n) is 2.89. The molecule has 18 heavy (non-hydrogen) atoms. The molecule has 1 unspecified atom stereocenters. The molecule has 1 atom stereocenters. The summed E-state index contributed by atoms with van der Waals surface area (Å²) in [6, 6.07) is 6.80. The standard InChI is InChI=1S/C13H20N2O3/c1-11(14-9-3-2-4-10-16)12-5-7-13(8-6-12)15(17)18/h5-8,11,14,16H,2-4,9-10H2,1H3. The third-order valence-corrected chi connectivity index (χ3v) is 2.89. The minimum Gasteiger partial charge on any atom is -0.396 e. The van der Waals surface area contributed by atoms with Crippen molar-refractivity contribution in [1.82, 2.24) is 5.32 Å². The second-order valence-corrected chi connectivity index (χ2v) is 4.31. The van der Waals surface area contributed by atoms with Crippen molar-refractivity contribution in [3.05, 3.63) is 39.9 Å². The van der Waals surface area contributed by atoms with Gasteiger partial charge in [-0.1, -0.05) is 12.1 Å². The number of nitrogens with one attached hydrogen (secondary N) is 1. The van der Waals surface area contributed by atoms with E-state index in [0.717, 1.165) is 31.4 Å². The Labute approximate surface area is 107 Å². The molecule has 0 fully saturated rings. The van der Waals surface area contributed by atoms with Crippen LogP contribution >= 0.6 is 0 Å². The van der Waals surface area contributed by atoms with Gasteiger partial charge in [-0.05, 0) is 38.3 Å². The van der Waals surface area contributed by atoms with Gasteiger partial charge in [-0.2, -0.15) is 0 Å². The first kappa shape index (κ1) is 14.6. The molecule has 1 aromatic rings. The van der Waals surface area contributed by atoms with E-state index in [9.17, 15) is 10.1 Å². The van der Waals surface area contributed by atoms with E-state index >= 15 is 0 Å². The maximum Gasteiger partial charge on any atom is 0.269 e. The molecule has 5 nitrogen and oxygen atoms in total. The average Bonchev–Trinajstić information content (AvgIpc) is 2.38. The topological polar surface area (TPSA) is 75.4 Å². The number of nitro groups is 1. The van der Waals surface area contributed by atoms with Gasteiger partial charge >= 0.3 is 0 Å². The van der Waals surface area contributed by atoms with E-state index in [4.69, 9.17) is 5.11 Å². The smallest absolute Gasteiger partial charge is 0.269 e. The van der Waals surface area contributed by atoms with Crippen molar-refractivity contribution in [2.45, 2.75) is 32.2 Å². The van der Waals surface area contributed by atoms with E-state index in [0.29, 0.717) is 0 Å². The number of unbranched alkanes of at least 4 members (excludes halogenated alkanes) is 2. The van der Waals surface area contributed by atoms with Crippen molar-refractivity contribution < 1.29 is 10.0 Å². The van der Waals surface area contributed by atoms with E-state index in [1.807, 2.05) is 6.92 Å². The molecule has 2 N–H and O–H groups in total. The first-order chi connectivity index (χ1) is 8.65. The highest BCUT2D eigenvalue weighted by atomic mass is 16.6. The lowest BCUT2D eigenvalue weighted by atomic mass is 10.1. The maximum absolute atomic E-state index is 10.5. The lowest BCUT2D eigenvalue weighted by Crippen LogP contribution is -2.19. The minimum atomic E-state index is -0.392. The number of rotatable bonds is 8. The average molecular weight is 252 g/mol. The number of aliphatic hydroxyl groups is 1. The van der Waals surface area contributed by atoms with Crippen LogP contribution in [-0.4, -0.2) is 23.2 Å². The van der Waals surface area contributed by atoms with Gasteiger partial charge in [0, 0.05) is 24.8 Å². The van der Waals surface area contributed by atoms with Gasteiger partial charge in [0.25, 0.3) is 5.69 Å². The van der Waals surface area contributed by atoms with Crippen LogP contribution in [0.5, 0.6) is 0 Å². The summed E-state index contributed by atoms with van der Waals surface area (Å²) in [6.45, 7) is 3.17. The first-order valence-electron chi connectivity index (χ1n) is 6.23. The number of nitrogens with zero attached hydrogens (tertiary/aromatic N) is 1. The Bertz CT molecular complexity index is 365. The Balaban J connectivity index is 2.37. The molecule has 1 aromatic carbocycles. The van der Waals surface area contributed by atoms with Gasteiger partial charge in [0.15, 0.2) is 0 Å². The number of hydrogen-bond donors (Lipinski definition) is 2. The van der Waals surface area contributed by atoms with Gasteiger partial charge in [-0.25, -0.2) is 0 Å². The Morgan fingerprint density at radius 3 is 2.50 bits per heavy atom. The Morgan fingerprint density at radius 2 is 1.94 bits per heavy atom. The number of non-ortho nitro benzene ring substituents is 1. The van der Waals surface area contributed by atoms with Crippen molar-refractivity contribution in [3.8, 4) is 0 Å². The highest BCUT2D eigenvalue weighted by Crippen LogP contribution is 2.17. The molecule has 0 heterocycles. The number of hydrogen-bond acceptors (Lipinski definition) is 4. The van der Waals surface area contributed by atoms with E-state index in [1.165, 1.54) is 12.1 Å². The van der Waals surface area contributed by atoms with E-state index in [1.54, 1.807) is 12.1 Å². The molecule has 100 valence electrons. The van der Waals surface area contributed by atoms with Gasteiger partial charge in [0.05, 0.1) is 4.92 Å². The second kappa shape index (κ2) is 7.79. The number of aliphatic hydroxyl groups excluding tert-OH is 1. The summed E-state index contributed by atoms with van der Waals surface area (Å²) in [6.07, 6.45) is 2.88. The van der Waals surface area contributed by atoms with Crippen LogP contribution in [-0.2, 0) is 0 Å². The van der Waals surface area contributed by atoms with Crippen molar-refractivity contribution in [3.63, 3.8) is 0 Å². The lowest BCUT2D eigenvalue weighted by molar-refractivity contribution is -0.384. The zero-order valence-electron chi connectivity index (χ0n) is 10.6. The highest BCUT2D eigenvalue weighted by Gasteiger charge is 2.08. The highest BCUT2D eigenvalue weighted by molar-refractivity contribution is 5.33. The summed E-state index contributed by atoms with van der Waals surface area (Å²) in [5.41, 5.74) is 1.16. The van der Waals surface area contributed by atoms with Gasteiger partial charge in [0.2, 0.25) is 0 Å². The second-order valence-electron chi connectivity index (χ2n) is 4.31. The van der Waals surface area contributed by atoms with Gasteiger partial charge < -0.3 is 10.4 Å². The molecule has 0 saturated heterocycles. The van der Waals surface area contributed by atoms with Gasteiger partial charge in [-0.3, -0.25) is 10.1 Å². The van der Waals surface area contributed by atoms with Crippen molar-refractivity contribution in [2.24, 2.45) is 0 Å². The monoisotopic (exact) mass is 252 g/mol. The minimum absolute atomic E-state index is 0.119. The molecule has 0 aliphatic rings. The Morgan fingerprint density at radius 1 is 1.28 bits per heavy atom. The van der Waals surface area contributed by atoms with E-state index in [-0.39, 0.29) is 18.3 Å². The zero-order valence-corrected chi connectivity index (χ0v) is 10.6. The molecule has 5 heteroatoms. The van der Waals surface area contributed by atoms with Crippen molar-refractivity contribution in [2.75, 3.05) is 13.2 Å². The first-order valence-corrected chi connectivity index (χ1v) is 6.23. The largest absolute Gasteiger partial charge is 0.396 e. The molecule has 0 saturated carbocycles. The molecule has 0 radical (unpaired) electrons. The van der Waals surface area contributed by atoms with Crippen LogP contribution in [0.3, 0.4) is 0 Å². The summed E-state index contributed by atoms with van der Waals surface area (Å²) in [4.78, 5) is 10.1. The van der Waals surface area contributed by atoms with Crippen LogP contribution in [0.1, 0.15) is 37.8 Å². The van der Waals surface area contributed by atoms with Crippen LogP contribution in [0, 0.1) is 10.1 Å². The summed E-state index contributed by atoms with van der Waals surface area (Å²) in [5.74, 6) is 0. The van der Waals surface area contributed by atoms with Crippen molar-refractivity contribution in [1.29, 1.82) is 0 Å². The van der Waals surface area contributed by atoms with Crippen LogP contribution in [0.25, 0.3) is 0 Å². The van der Waals surface area contributed by atoms with Crippen LogP contribution < -0.4 is 5.32 Å². The van der Waals surface area contributed by atoms with Gasteiger partial charge in [0.1, 0.15) is 0 Å². The molecule has 1 rings (SSSR count). The molecule has 0 aromatic heterocycles.